The lowest BCUT2D eigenvalue weighted by atomic mass is 10.2. The fourth-order valence-corrected chi connectivity index (χ4v) is 3.79. The Labute approximate surface area is 196 Å². The summed E-state index contributed by atoms with van der Waals surface area (Å²) in [7, 11) is 1.56. The van der Waals surface area contributed by atoms with Gasteiger partial charge in [0.1, 0.15) is 11.8 Å². The zero-order valence-corrected chi connectivity index (χ0v) is 19.3. The van der Waals surface area contributed by atoms with E-state index in [9.17, 15) is 4.79 Å². The highest BCUT2D eigenvalue weighted by atomic mass is 35.5. The Bertz CT molecular complexity index is 1280. The quantitative estimate of drug-likeness (QED) is 0.530. The number of hydrogen-bond acceptors (Lipinski definition) is 8. The van der Waals surface area contributed by atoms with Crippen LogP contribution in [-0.2, 0) is 0 Å². The van der Waals surface area contributed by atoms with Gasteiger partial charge in [-0.15, -0.1) is 0 Å². The van der Waals surface area contributed by atoms with Gasteiger partial charge in [-0.25, -0.2) is 15.0 Å². The number of aryl methyl sites for hydroxylation is 2. The highest BCUT2D eigenvalue weighted by Crippen LogP contribution is 2.39. The first kappa shape index (κ1) is 22.6. The molecule has 1 saturated carbocycles. The van der Waals surface area contributed by atoms with Crippen LogP contribution in [0.3, 0.4) is 0 Å². The maximum absolute atomic E-state index is 13.4. The Balaban J connectivity index is 1.63. The Morgan fingerprint density at radius 3 is 2.82 bits per heavy atom. The van der Waals surface area contributed by atoms with E-state index in [1.165, 1.54) is 12.4 Å². The van der Waals surface area contributed by atoms with Gasteiger partial charge in [-0.2, -0.15) is 5.26 Å². The van der Waals surface area contributed by atoms with Gasteiger partial charge in [0, 0.05) is 24.0 Å². The third-order valence-corrected chi connectivity index (χ3v) is 5.68. The molecule has 1 N–H and O–H groups in total. The summed E-state index contributed by atoms with van der Waals surface area (Å²) in [5.74, 6) is 1.24. The molecule has 33 heavy (non-hydrogen) atoms. The van der Waals surface area contributed by atoms with Crippen molar-refractivity contribution >= 4 is 23.1 Å². The minimum atomic E-state index is -0.313. The number of methoxy groups -OCH3 is 1. The number of ether oxygens (including phenoxy) is 2. The molecule has 0 amide bonds. The number of nitrogens with zero attached hydrogens (tertiary/aromatic N) is 5. The number of nitrogens with one attached hydrogen (secondary N) is 1. The minimum Gasteiger partial charge on any atom is -0.481 e. The highest BCUT2D eigenvalue weighted by Gasteiger charge is 2.34. The molecule has 3 aromatic heterocycles. The third kappa shape index (κ3) is 5.07. The normalized spacial score (nSPS) is 13.8. The smallest absolute Gasteiger partial charge is 0.294 e. The molecule has 0 aromatic carbocycles. The van der Waals surface area contributed by atoms with E-state index < -0.39 is 0 Å². The van der Waals surface area contributed by atoms with Crippen LogP contribution in [0, 0.1) is 31.1 Å². The van der Waals surface area contributed by atoms with E-state index >= 15 is 0 Å². The molecular formula is C23H23ClN6O3. The van der Waals surface area contributed by atoms with Gasteiger partial charge >= 0.3 is 0 Å². The summed E-state index contributed by atoms with van der Waals surface area (Å²) in [6.45, 7) is 3.90. The molecule has 10 heteroatoms. The first-order chi connectivity index (χ1) is 15.9. The Kier molecular flexibility index (Phi) is 6.47. The summed E-state index contributed by atoms with van der Waals surface area (Å²) in [5.41, 5.74) is 2.27. The average molecular weight is 467 g/mol. The maximum atomic E-state index is 13.4. The monoisotopic (exact) mass is 466 g/mol. The van der Waals surface area contributed by atoms with Gasteiger partial charge in [0.2, 0.25) is 11.8 Å². The Morgan fingerprint density at radius 1 is 1.33 bits per heavy atom. The number of anilines is 2. The van der Waals surface area contributed by atoms with E-state index in [4.69, 9.17) is 26.3 Å². The topological polar surface area (TPSA) is 115 Å². The highest BCUT2D eigenvalue weighted by molar-refractivity contribution is 6.29. The summed E-state index contributed by atoms with van der Waals surface area (Å²) in [6, 6.07) is 6.84. The SMILES string of the molecule is COc1nc(C)c(Nc2nc(Cl)cn([C@H](COc3cc(C#N)ccn3)C3CC3)c2=O)cc1C. The molecule has 0 bridgehead atoms. The molecule has 9 nitrogen and oxygen atoms in total. The number of hydrogen-bond donors (Lipinski definition) is 1. The van der Waals surface area contributed by atoms with E-state index in [2.05, 4.69) is 26.3 Å². The number of halogens is 1. The van der Waals surface area contributed by atoms with E-state index in [0.717, 1.165) is 18.4 Å². The van der Waals surface area contributed by atoms with E-state index in [1.54, 1.807) is 23.8 Å². The van der Waals surface area contributed by atoms with Crippen molar-refractivity contribution in [2.24, 2.45) is 5.92 Å². The maximum Gasteiger partial charge on any atom is 0.294 e. The van der Waals surface area contributed by atoms with Crippen LogP contribution in [0.1, 0.15) is 35.7 Å². The lowest BCUT2D eigenvalue weighted by molar-refractivity contribution is 0.222. The lowest BCUT2D eigenvalue weighted by Crippen LogP contribution is -2.32. The van der Waals surface area contributed by atoms with Crippen LogP contribution in [-0.4, -0.2) is 33.2 Å². The number of aromatic nitrogens is 4. The summed E-state index contributed by atoms with van der Waals surface area (Å²) in [6.07, 6.45) is 5.01. The van der Waals surface area contributed by atoms with Crippen molar-refractivity contribution in [1.82, 2.24) is 19.5 Å². The second-order valence-corrected chi connectivity index (χ2v) is 8.29. The first-order valence-electron chi connectivity index (χ1n) is 10.5. The van der Waals surface area contributed by atoms with Crippen LogP contribution >= 0.6 is 11.6 Å². The molecule has 1 aliphatic rings. The third-order valence-electron chi connectivity index (χ3n) is 5.49. The van der Waals surface area contributed by atoms with Crippen LogP contribution in [0.2, 0.25) is 5.15 Å². The fraction of sp³-hybridized carbons (Fsp3) is 0.348. The van der Waals surface area contributed by atoms with Gasteiger partial charge in [-0.05, 0) is 44.7 Å². The van der Waals surface area contributed by atoms with Crippen molar-refractivity contribution in [1.29, 1.82) is 5.26 Å². The molecule has 0 radical (unpaired) electrons. The van der Waals surface area contributed by atoms with Crippen molar-refractivity contribution in [3.63, 3.8) is 0 Å². The molecular weight excluding hydrogens is 444 g/mol. The predicted molar refractivity (Wildman–Crippen MR) is 123 cm³/mol. The van der Waals surface area contributed by atoms with Gasteiger partial charge in [-0.1, -0.05) is 11.6 Å². The van der Waals surface area contributed by atoms with E-state index in [0.29, 0.717) is 28.7 Å². The van der Waals surface area contributed by atoms with E-state index in [-0.39, 0.29) is 35.1 Å². The first-order valence-corrected chi connectivity index (χ1v) is 10.8. The second kappa shape index (κ2) is 9.46. The standard InChI is InChI=1S/C23H23ClN6O3/c1-13-8-17(14(2)27-22(13)32-3)28-21-23(31)30(11-19(24)29-21)18(16-4-5-16)12-33-20-9-15(10-25)6-7-26-20/h6-9,11,16,18H,4-5,12H2,1-3H3,(H,28,29)/t18-/m1/s1. The molecule has 0 unspecified atom stereocenters. The number of pyridine rings is 2. The fourth-order valence-electron chi connectivity index (χ4n) is 3.60. The largest absolute Gasteiger partial charge is 0.481 e. The molecule has 0 saturated heterocycles. The van der Waals surface area contributed by atoms with Gasteiger partial charge in [0.25, 0.3) is 5.56 Å². The molecule has 1 atom stereocenters. The van der Waals surface area contributed by atoms with Crippen molar-refractivity contribution in [2.75, 3.05) is 19.0 Å². The zero-order chi connectivity index (χ0) is 23.5. The molecule has 0 spiro atoms. The molecule has 0 aliphatic heterocycles. The van der Waals surface area contributed by atoms with Gasteiger partial charge in [0.15, 0.2) is 5.82 Å². The van der Waals surface area contributed by atoms with E-state index in [1.807, 2.05) is 19.9 Å². The predicted octanol–water partition coefficient (Wildman–Crippen LogP) is 3.96. The molecule has 3 aromatic rings. The van der Waals surface area contributed by atoms with Crippen molar-refractivity contribution in [3.8, 4) is 17.8 Å². The van der Waals surface area contributed by atoms with Crippen LogP contribution in [0.15, 0.2) is 35.4 Å². The van der Waals surface area contributed by atoms with Gasteiger partial charge in [-0.3, -0.25) is 4.79 Å². The number of rotatable bonds is 8. The van der Waals surface area contributed by atoms with Gasteiger partial charge < -0.3 is 19.4 Å². The average Bonchev–Trinajstić information content (AvgIpc) is 3.64. The van der Waals surface area contributed by atoms with Crippen LogP contribution < -0.4 is 20.3 Å². The molecule has 3 heterocycles. The van der Waals surface area contributed by atoms with Crippen molar-refractivity contribution < 1.29 is 9.47 Å². The van der Waals surface area contributed by atoms with Gasteiger partial charge in [0.05, 0.1) is 36.2 Å². The summed E-state index contributed by atoms with van der Waals surface area (Å²) in [5, 5.41) is 12.3. The van der Waals surface area contributed by atoms with Crippen LogP contribution in [0.5, 0.6) is 11.8 Å². The number of nitriles is 1. The van der Waals surface area contributed by atoms with Crippen LogP contribution in [0.4, 0.5) is 11.5 Å². The Morgan fingerprint density at radius 2 is 2.12 bits per heavy atom. The molecule has 170 valence electrons. The molecule has 1 fully saturated rings. The molecule has 4 rings (SSSR count). The van der Waals surface area contributed by atoms with Crippen molar-refractivity contribution in [2.45, 2.75) is 32.7 Å². The lowest BCUT2D eigenvalue weighted by Gasteiger charge is -2.21. The summed E-state index contributed by atoms with van der Waals surface area (Å²) in [4.78, 5) is 26.1. The van der Waals surface area contributed by atoms with Crippen LogP contribution in [0.25, 0.3) is 0 Å². The minimum absolute atomic E-state index is 0.104. The second-order valence-electron chi connectivity index (χ2n) is 7.91. The zero-order valence-electron chi connectivity index (χ0n) is 18.5. The summed E-state index contributed by atoms with van der Waals surface area (Å²) < 4.78 is 12.7. The Hall–Kier alpha value is -3.64. The van der Waals surface area contributed by atoms with Crippen molar-refractivity contribution in [3.05, 3.63) is 62.9 Å². The summed E-state index contributed by atoms with van der Waals surface area (Å²) >= 11 is 6.30. The molecule has 1 aliphatic carbocycles.